The Morgan fingerprint density at radius 1 is 0.778 bits per heavy atom. The number of aromatic nitrogens is 1. The summed E-state index contributed by atoms with van der Waals surface area (Å²) in [5, 5.41) is 2.50. The van der Waals surface area contributed by atoms with E-state index in [1.54, 1.807) is 0 Å². The average Bonchev–Trinajstić information content (AvgIpc) is 2.40. The first kappa shape index (κ1) is 11.0. The number of aryl methyl sites for hydroxylation is 2. The second kappa shape index (κ2) is 4.26. The Morgan fingerprint density at radius 2 is 1.56 bits per heavy atom. The fourth-order valence-corrected chi connectivity index (χ4v) is 2.31. The van der Waals surface area contributed by atoms with E-state index in [1.807, 2.05) is 6.20 Å². The van der Waals surface area contributed by atoms with Gasteiger partial charge in [-0.05, 0) is 30.9 Å². The van der Waals surface area contributed by atoms with Gasteiger partial charge in [-0.2, -0.15) is 0 Å². The van der Waals surface area contributed by atoms with Crippen molar-refractivity contribution in [2.24, 2.45) is 0 Å². The van der Waals surface area contributed by atoms with Gasteiger partial charge < -0.3 is 0 Å². The molecule has 3 aromatic rings. The quantitative estimate of drug-likeness (QED) is 0.602. The third-order valence-electron chi connectivity index (χ3n) is 3.35. The molecule has 0 fully saturated rings. The minimum atomic E-state index is 1.07. The van der Waals surface area contributed by atoms with Crippen LogP contribution in [0.2, 0.25) is 0 Å². The summed E-state index contributed by atoms with van der Waals surface area (Å²) in [6.45, 7) is 4.24. The van der Waals surface area contributed by atoms with E-state index in [-0.39, 0.29) is 0 Å². The van der Waals surface area contributed by atoms with E-state index >= 15 is 0 Å². The zero-order chi connectivity index (χ0) is 12.5. The van der Waals surface area contributed by atoms with Crippen molar-refractivity contribution in [1.29, 1.82) is 0 Å². The monoisotopic (exact) mass is 233 g/mol. The van der Waals surface area contributed by atoms with Crippen molar-refractivity contribution >= 4 is 10.8 Å². The molecule has 0 aliphatic heterocycles. The number of benzene rings is 2. The van der Waals surface area contributed by atoms with Crippen LogP contribution < -0.4 is 0 Å². The number of rotatable bonds is 1. The van der Waals surface area contributed by atoms with E-state index in [0.29, 0.717) is 0 Å². The number of hydrogen-bond donors (Lipinski definition) is 0. The zero-order valence-corrected chi connectivity index (χ0v) is 10.6. The average molecular weight is 233 g/mol. The van der Waals surface area contributed by atoms with Crippen molar-refractivity contribution in [2.75, 3.05) is 0 Å². The second-order valence-corrected chi connectivity index (χ2v) is 4.70. The van der Waals surface area contributed by atoms with E-state index in [4.69, 9.17) is 0 Å². The summed E-state index contributed by atoms with van der Waals surface area (Å²) >= 11 is 0. The highest BCUT2D eigenvalue weighted by molar-refractivity contribution is 5.96. The van der Waals surface area contributed by atoms with E-state index in [0.717, 1.165) is 5.69 Å². The van der Waals surface area contributed by atoms with Crippen LogP contribution in [0.25, 0.3) is 22.0 Å². The first-order chi connectivity index (χ1) is 8.75. The topological polar surface area (TPSA) is 12.9 Å². The first-order valence-electron chi connectivity index (χ1n) is 6.17. The lowest BCUT2D eigenvalue weighted by molar-refractivity contribution is 1.34. The van der Waals surface area contributed by atoms with Crippen molar-refractivity contribution in [3.05, 3.63) is 65.9 Å². The van der Waals surface area contributed by atoms with Gasteiger partial charge in [0.15, 0.2) is 0 Å². The molecule has 88 valence electrons. The Bertz CT molecular complexity index is 696. The lowest BCUT2D eigenvalue weighted by Crippen LogP contribution is -1.87. The number of hydrogen-bond acceptors (Lipinski definition) is 1. The van der Waals surface area contributed by atoms with Crippen LogP contribution in [0.4, 0.5) is 0 Å². The summed E-state index contributed by atoms with van der Waals surface area (Å²) in [6, 6.07) is 17.0. The molecule has 1 aromatic heterocycles. The van der Waals surface area contributed by atoms with E-state index in [9.17, 15) is 0 Å². The molecular weight excluding hydrogens is 218 g/mol. The maximum Gasteiger partial charge on any atom is 0.0780 e. The molecule has 0 atom stereocenters. The molecule has 0 N–H and O–H groups in total. The molecule has 0 saturated heterocycles. The molecule has 1 nitrogen and oxygen atoms in total. The fourth-order valence-electron chi connectivity index (χ4n) is 2.31. The van der Waals surface area contributed by atoms with Crippen LogP contribution in [-0.4, -0.2) is 4.98 Å². The fraction of sp³-hybridized carbons (Fsp3) is 0.118. The van der Waals surface area contributed by atoms with Gasteiger partial charge in [0.05, 0.1) is 5.69 Å². The van der Waals surface area contributed by atoms with Gasteiger partial charge in [0.2, 0.25) is 0 Å². The molecule has 2 aromatic carbocycles. The Balaban J connectivity index is 2.29. The normalized spacial score (nSPS) is 10.8. The number of nitrogens with zero attached hydrogens (tertiary/aromatic N) is 1. The summed E-state index contributed by atoms with van der Waals surface area (Å²) in [7, 11) is 0. The number of fused-ring (bicyclic) bond motifs is 1. The summed E-state index contributed by atoms with van der Waals surface area (Å²) in [5.41, 5.74) is 4.81. The molecular formula is C17H15N. The molecule has 0 unspecified atom stereocenters. The van der Waals surface area contributed by atoms with E-state index < -0.39 is 0 Å². The third kappa shape index (κ3) is 1.78. The highest BCUT2D eigenvalue weighted by Gasteiger charge is 2.05. The van der Waals surface area contributed by atoms with Gasteiger partial charge >= 0.3 is 0 Å². The van der Waals surface area contributed by atoms with Crippen LogP contribution >= 0.6 is 0 Å². The first-order valence-corrected chi connectivity index (χ1v) is 6.17. The third-order valence-corrected chi connectivity index (χ3v) is 3.35. The van der Waals surface area contributed by atoms with Crippen LogP contribution in [0.5, 0.6) is 0 Å². The van der Waals surface area contributed by atoms with Crippen LogP contribution in [0.15, 0.2) is 54.7 Å². The lowest BCUT2D eigenvalue weighted by atomic mass is 10.0. The van der Waals surface area contributed by atoms with Crippen molar-refractivity contribution in [3.63, 3.8) is 0 Å². The molecule has 0 radical (unpaired) electrons. The molecule has 0 aliphatic carbocycles. The Hall–Kier alpha value is -2.15. The van der Waals surface area contributed by atoms with Crippen molar-refractivity contribution in [3.8, 4) is 11.3 Å². The van der Waals surface area contributed by atoms with E-state index in [2.05, 4.69) is 67.4 Å². The van der Waals surface area contributed by atoms with Crippen LogP contribution in [-0.2, 0) is 0 Å². The SMILES string of the molecule is Cc1ccc(-c2nccc3c(C)cccc23)cc1. The Labute approximate surface area is 107 Å². The molecule has 0 aliphatic rings. The Kier molecular flexibility index (Phi) is 2.60. The smallest absolute Gasteiger partial charge is 0.0780 e. The largest absolute Gasteiger partial charge is 0.256 e. The maximum absolute atomic E-state index is 4.55. The van der Waals surface area contributed by atoms with Gasteiger partial charge in [0, 0.05) is 17.1 Å². The van der Waals surface area contributed by atoms with Crippen molar-refractivity contribution in [1.82, 2.24) is 4.98 Å². The maximum atomic E-state index is 4.55. The molecule has 0 saturated carbocycles. The highest BCUT2D eigenvalue weighted by atomic mass is 14.7. The molecule has 0 bridgehead atoms. The van der Waals surface area contributed by atoms with Gasteiger partial charge in [-0.15, -0.1) is 0 Å². The molecule has 0 amide bonds. The standard InChI is InChI=1S/C17H15N/c1-12-6-8-14(9-7-12)17-16-5-3-4-13(2)15(16)10-11-18-17/h3-11H,1-2H3. The van der Waals surface area contributed by atoms with Gasteiger partial charge in [-0.3, -0.25) is 4.98 Å². The Morgan fingerprint density at radius 3 is 2.33 bits per heavy atom. The van der Waals surface area contributed by atoms with E-state index in [1.165, 1.54) is 27.5 Å². The van der Waals surface area contributed by atoms with Crippen LogP contribution in [0, 0.1) is 13.8 Å². The van der Waals surface area contributed by atoms with Gasteiger partial charge in [0.1, 0.15) is 0 Å². The van der Waals surface area contributed by atoms with Gasteiger partial charge in [-0.25, -0.2) is 0 Å². The zero-order valence-electron chi connectivity index (χ0n) is 10.6. The summed E-state index contributed by atoms with van der Waals surface area (Å²) in [6.07, 6.45) is 1.89. The predicted molar refractivity (Wildman–Crippen MR) is 76.7 cm³/mol. The molecule has 18 heavy (non-hydrogen) atoms. The highest BCUT2D eigenvalue weighted by Crippen LogP contribution is 2.28. The minimum Gasteiger partial charge on any atom is -0.256 e. The van der Waals surface area contributed by atoms with Crippen LogP contribution in [0.1, 0.15) is 11.1 Å². The van der Waals surface area contributed by atoms with Crippen LogP contribution in [0.3, 0.4) is 0 Å². The number of pyridine rings is 1. The van der Waals surface area contributed by atoms with Crippen molar-refractivity contribution < 1.29 is 0 Å². The van der Waals surface area contributed by atoms with Gasteiger partial charge in [0.25, 0.3) is 0 Å². The summed E-state index contributed by atoms with van der Waals surface area (Å²) < 4.78 is 0. The summed E-state index contributed by atoms with van der Waals surface area (Å²) in [5.74, 6) is 0. The molecule has 3 rings (SSSR count). The van der Waals surface area contributed by atoms with Gasteiger partial charge in [-0.1, -0.05) is 48.0 Å². The minimum absolute atomic E-state index is 1.07. The van der Waals surface area contributed by atoms with Crippen molar-refractivity contribution in [2.45, 2.75) is 13.8 Å². The summed E-state index contributed by atoms with van der Waals surface area (Å²) in [4.78, 5) is 4.55. The lowest BCUT2D eigenvalue weighted by Gasteiger charge is -2.07. The molecule has 1 heterocycles. The predicted octanol–water partition coefficient (Wildman–Crippen LogP) is 4.52. The second-order valence-electron chi connectivity index (χ2n) is 4.70. The molecule has 1 heteroatoms. The molecule has 0 spiro atoms.